The quantitative estimate of drug-likeness (QED) is 0.663. The summed E-state index contributed by atoms with van der Waals surface area (Å²) in [6.07, 6.45) is 2.85. The highest BCUT2D eigenvalue weighted by Gasteiger charge is 2.19. The molecule has 0 saturated heterocycles. The number of para-hydroxylation sites is 1. The van der Waals surface area contributed by atoms with Gasteiger partial charge in [0.05, 0.1) is 11.7 Å². The molecule has 2 heterocycles. The number of rotatable bonds is 6. The molecule has 0 unspecified atom stereocenters. The SMILES string of the molecule is CCc1cccc(CC)c1NC(=O)Cn1cnc2sc(C(=O)O)c(C)c2c1=O. The number of carbonyl (C=O) groups excluding carboxylic acids is 1. The zero-order chi connectivity index (χ0) is 20.4. The second kappa shape index (κ2) is 7.93. The van der Waals surface area contributed by atoms with E-state index >= 15 is 0 Å². The second-order valence-electron chi connectivity index (χ2n) is 6.43. The van der Waals surface area contributed by atoms with Crippen LogP contribution in [0.4, 0.5) is 5.69 Å². The van der Waals surface area contributed by atoms with Crippen molar-refractivity contribution in [3.8, 4) is 0 Å². The highest BCUT2D eigenvalue weighted by molar-refractivity contribution is 7.20. The predicted octanol–water partition coefficient (Wildman–Crippen LogP) is 3.23. The van der Waals surface area contributed by atoms with Crippen LogP contribution in [0.2, 0.25) is 0 Å². The Morgan fingerprint density at radius 3 is 2.43 bits per heavy atom. The number of aromatic nitrogens is 2. The molecule has 3 rings (SSSR count). The van der Waals surface area contributed by atoms with E-state index in [0.717, 1.165) is 41.0 Å². The van der Waals surface area contributed by atoms with Gasteiger partial charge >= 0.3 is 5.97 Å². The number of thiophene rings is 1. The molecule has 0 radical (unpaired) electrons. The first kappa shape index (κ1) is 19.8. The Labute approximate surface area is 165 Å². The fourth-order valence-electron chi connectivity index (χ4n) is 3.21. The Hall–Kier alpha value is -3.00. The molecule has 0 spiro atoms. The molecule has 0 fully saturated rings. The Balaban J connectivity index is 1.93. The van der Waals surface area contributed by atoms with Gasteiger partial charge in [-0.25, -0.2) is 9.78 Å². The fourth-order valence-corrected chi connectivity index (χ4v) is 4.19. The third kappa shape index (κ3) is 3.55. The zero-order valence-electron chi connectivity index (χ0n) is 15.9. The average Bonchev–Trinajstić information content (AvgIpc) is 3.01. The molecule has 3 aromatic rings. The van der Waals surface area contributed by atoms with Gasteiger partial charge in [0.2, 0.25) is 5.91 Å². The summed E-state index contributed by atoms with van der Waals surface area (Å²) in [4.78, 5) is 41.3. The van der Waals surface area contributed by atoms with Gasteiger partial charge < -0.3 is 10.4 Å². The molecule has 0 saturated carbocycles. The van der Waals surface area contributed by atoms with Crippen molar-refractivity contribution in [2.75, 3.05) is 5.32 Å². The van der Waals surface area contributed by atoms with Crippen molar-refractivity contribution in [2.45, 2.75) is 40.2 Å². The summed E-state index contributed by atoms with van der Waals surface area (Å²) in [5, 5.41) is 12.4. The molecule has 0 aliphatic carbocycles. The number of anilines is 1. The minimum absolute atomic E-state index is 0.0891. The van der Waals surface area contributed by atoms with Gasteiger partial charge in [0.15, 0.2) is 0 Å². The molecule has 8 heteroatoms. The number of hydrogen-bond acceptors (Lipinski definition) is 5. The van der Waals surface area contributed by atoms with E-state index in [2.05, 4.69) is 10.3 Å². The highest BCUT2D eigenvalue weighted by atomic mass is 32.1. The van der Waals surface area contributed by atoms with Crippen LogP contribution >= 0.6 is 11.3 Å². The molecule has 1 amide bonds. The smallest absolute Gasteiger partial charge is 0.346 e. The zero-order valence-corrected chi connectivity index (χ0v) is 16.7. The van der Waals surface area contributed by atoms with Gasteiger partial charge in [-0.15, -0.1) is 11.3 Å². The Bertz CT molecular complexity index is 1110. The summed E-state index contributed by atoms with van der Waals surface area (Å²) in [5.41, 5.74) is 2.83. The van der Waals surface area contributed by atoms with Crippen LogP contribution in [0, 0.1) is 6.92 Å². The van der Waals surface area contributed by atoms with Crippen molar-refractivity contribution in [1.29, 1.82) is 0 Å². The molecule has 0 aliphatic rings. The number of carboxylic acids is 1. The van der Waals surface area contributed by atoms with Crippen molar-refractivity contribution in [2.24, 2.45) is 0 Å². The van der Waals surface area contributed by atoms with Crippen molar-refractivity contribution < 1.29 is 14.7 Å². The normalized spacial score (nSPS) is 11.0. The maximum atomic E-state index is 12.8. The van der Waals surface area contributed by atoms with Crippen LogP contribution in [0.15, 0.2) is 29.3 Å². The Morgan fingerprint density at radius 1 is 1.21 bits per heavy atom. The number of aromatic carboxylic acids is 1. The molecule has 0 bridgehead atoms. The van der Waals surface area contributed by atoms with Crippen LogP contribution in [0.25, 0.3) is 10.2 Å². The standard InChI is InChI=1S/C20H21N3O4S/c1-4-12-7-6-8-13(5-2)16(12)22-14(24)9-23-10-21-18-15(19(23)25)11(3)17(28-18)20(26)27/h6-8,10H,4-5,9H2,1-3H3,(H,22,24)(H,26,27). The topological polar surface area (TPSA) is 101 Å². The first-order valence-corrected chi connectivity index (χ1v) is 9.81. The molecule has 2 N–H and O–H groups in total. The molecule has 146 valence electrons. The summed E-state index contributed by atoms with van der Waals surface area (Å²) in [7, 11) is 0. The van der Waals surface area contributed by atoms with Crippen LogP contribution in [-0.2, 0) is 24.2 Å². The molecule has 2 aromatic heterocycles. The predicted molar refractivity (Wildman–Crippen MR) is 109 cm³/mol. The number of hydrogen-bond donors (Lipinski definition) is 2. The first-order chi connectivity index (χ1) is 13.4. The molecule has 0 aliphatic heterocycles. The maximum absolute atomic E-state index is 12.8. The summed E-state index contributed by atoms with van der Waals surface area (Å²) in [5.74, 6) is -1.42. The van der Waals surface area contributed by atoms with Crippen LogP contribution in [0.5, 0.6) is 0 Å². The van der Waals surface area contributed by atoms with E-state index in [1.807, 2.05) is 32.0 Å². The van der Waals surface area contributed by atoms with Gasteiger partial charge in [-0.05, 0) is 36.5 Å². The van der Waals surface area contributed by atoms with E-state index in [9.17, 15) is 19.5 Å². The summed E-state index contributed by atoms with van der Waals surface area (Å²) in [6, 6.07) is 5.91. The lowest BCUT2D eigenvalue weighted by Crippen LogP contribution is -2.28. The maximum Gasteiger partial charge on any atom is 0.346 e. The average molecular weight is 399 g/mol. The summed E-state index contributed by atoms with van der Waals surface area (Å²) in [6.45, 7) is 5.43. The molecular weight excluding hydrogens is 378 g/mol. The molecule has 0 atom stereocenters. The van der Waals surface area contributed by atoms with Crippen molar-refractivity contribution in [1.82, 2.24) is 9.55 Å². The van der Waals surface area contributed by atoms with Gasteiger partial charge in [0, 0.05) is 5.69 Å². The number of aryl methyl sites for hydroxylation is 3. The van der Waals surface area contributed by atoms with Crippen molar-refractivity contribution >= 4 is 39.1 Å². The third-order valence-corrected chi connectivity index (χ3v) is 5.88. The van der Waals surface area contributed by atoms with Gasteiger partial charge in [-0.1, -0.05) is 32.0 Å². The largest absolute Gasteiger partial charge is 0.477 e. The number of nitrogens with one attached hydrogen (secondary N) is 1. The van der Waals surface area contributed by atoms with Gasteiger partial charge in [0.25, 0.3) is 5.56 Å². The Morgan fingerprint density at radius 2 is 1.86 bits per heavy atom. The molecule has 28 heavy (non-hydrogen) atoms. The van der Waals surface area contributed by atoms with Crippen molar-refractivity contribution in [3.63, 3.8) is 0 Å². The number of fused-ring (bicyclic) bond motifs is 1. The summed E-state index contributed by atoms with van der Waals surface area (Å²) >= 11 is 0.962. The molecule has 7 nitrogen and oxygen atoms in total. The number of benzene rings is 1. The highest BCUT2D eigenvalue weighted by Crippen LogP contribution is 2.26. The van der Waals surface area contributed by atoms with Crippen LogP contribution < -0.4 is 10.9 Å². The number of carbonyl (C=O) groups is 2. The van der Waals surface area contributed by atoms with Gasteiger partial charge in [-0.2, -0.15) is 0 Å². The van der Waals surface area contributed by atoms with E-state index in [-0.39, 0.29) is 22.7 Å². The number of amides is 1. The lowest BCUT2D eigenvalue weighted by Gasteiger charge is -2.15. The third-order valence-electron chi connectivity index (χ3n) is 4.69. The van der Waals surface area contributed by atoms with Crippen LogP contribution in [0.1, 0.15) is 40.2 Å². The second-order valence-corrected chi connectivity index (χ2v) is 7.42. The molecular formula is C20H21N3O4S. The Kier molecular flexibility index (Phi) is 5.60. The van der Waals surface area contributed by atoms with Gasteiger partial charge in [0.1, 0.15) is 16.3 Å². The number of carboxylic acid groups (broad SMARTS) is 1. The minimum Gasteiger partial charge on any atom is -0.477 e. The lowest BCUT2D eigenvalue weighted by molar-refractivity contribution is -0.116. The number of nitrogens with zero attached hydrogens (tertiary/aromatic N) is 2. The van der Waals surface area contributed by atoms with E-state index in [4.69, 9.17) is 0 Å². The van der Waals surface area contributed by atoms with E-state index in [1.54, 1.807) is 6.92 Å². The molecule has 1 aromatic carbocycles. The lowest BCUT2D eigenvalue weighted by atomic mass is 10.0. The van der Waals surface area contributed by atoms with E-state index in [0.29, 0.717) is 10.4 Å². The van der Waals surface area contributed by atoms with Crippen molar-refractivity contribution in [3.05, 3.63) is 56.4 Å². The van der Waals surface area contributed by atoms with E-state index in [1.165, 1.54) is 10.9 Å². The van der Waals surface area contributed by atoms with Crippen LogP contribution in [-0.4, -0.2) is 26.5 Å². The fraction of sp³-hybridized carbons (Fsp3) is 0.300. The monoisotopic (exact) mass is 399 g/mol. The van der Waals surface area contributed by atoms with E-state index < -0.39 is 11.5 Å². The minimum atomic E-state index is -1.09. The first-order valence-electron chi connectivity index (χ1n) is 8.99. The van der Waals surface area contributed by atoms with Gasteiger partial charge in [-0.3, -0.25) is 14.2 Å². The van der Waals surface area contributed by atoms with Crippen LogP contribution in [0.3, 0.4) is 0 Å². The summed E-state index contributed by atoms with van der Waals surface area (Å²) < 4.78 is 1.21.